The van der Waals surface area contributed by atoms with Crippen molar-refractivity contribution in [2.75, 3.05) is 0 Å². The third kappa shape index (κ3) is 4.09. The van der Waals surface area contributed by atoms with E-state index in [1.807, 2.05) is 0 Å². The lowest BCUT2D eigenvalue weighted by Crippen LogP contribution is -2.30. The molecule has 0 aromatic heterocycles. The summed E-state index contributed by atoms with van der Waals surface area (Å²) in [4.78, 5) is 0. The zero-order chi connectivity index (χ0) is 15.4. The van der Waals surface area contributed by atoms with E-state index in [4.69, 9.17) is 0 Å². The summed E-state index contributed by atoms with van der Waals surface area (Å²) in [6.45, 7) is 4.81. The Balaban J connectivity index is 1.42. The van der Waals surface area contributed by atoms with Gasteiger partial charge in [0, 0.05) is 0 Å². The zero-order valence-corrected chi connectivity index (χ0v) is 15.4. The lowest BCUT2D eigenvalue weighted by molar-refractivity contribution is 0.1000. The van der Waals surface area contributed by atoms with Crippen molar-refractivity contribution in [1.29, 1.82) is 0 Å². The molecular formula is C22H40. The SMILES string of the molecule is CC[C@H]1CCC[C@@H](C2CCC([C@H]3CC[C@H](CC)CC3)CC2)C1. The average molecular weight is 305 g/mol. The van der Waals surface area contributed by atoms with Gasteiger partial charge < -0.3 is 0 Å². The summed E-state index contributed by atoms with van der Waals surface area (Å²) < 4.78 is 0. The van der Waals surface area contributed by atoms with E-state index in [0.29, 0.717) is 0 Å². The molecule has 0 unspecified atom stereocenters. The van der Waals surface area contributed by atoms with Crippen LogP contribution in [0.5, 0.6) is 0 Å². The van der Waals surface area contributed by atoms with Crippen LogP contribution in [0.1, 0.15) is 104 Å². The van der Waals surface area contributed by atoms with Gasteiger partial charge in [-0.1, -0.05) is 58.8 Å². The number of hydrogen-bond donors (Lipinski definition) is 0. The second-order valence-electron chi connectivity index (χ2n) is 9.06. The van der Waals surface area contributed by atoms with Crippen LogP contribution < -0.4 is 0 Å². The molecule has 3 rings (SSSR count). The molecule has 0 bridgehead atoms. The highest BCUT2D eigenvalue weighted by Crippen LogP contribution is 2.46. The van der Waals surface area contributed by atoms with E-state index in [9.17, 15) is 0 Å². The molecule has 0 nitrogen and oxygen atoms in total. The quantitative estimate of drug-likeness (QED) is 0.514. The number of hydrogen-bond acceptors (Lipinski definition) is 0. The Hall–Kier alpha value is 0. The van der Waals surface area contributed by atoms with Crippen LogP contribution in [-0.2, 0) is 0 Å². The highest BCUT2D eigenvalue weighted by Gasteiger charge is 2.34. The third-order valence-electron chi connectivity index (χ3n) is 8.02. The Kier molecular flexibility index (Phi) is 6.28. The van der Waals surface area contributed by atoms with Gasteiger partial charge in [-0.25, -0.2) is 0 Å². The maximum absolute atomic E-state index is 2.41. The largest absolute Gasteiger partial charge is 0.0651 e. The van der Waals surface area contributed by atoms with Gasteiger partial charge in [0.05, 0.1) is 0 Å². The first-order valence-corrected chi connectivity index (χ1v) is 10.8. The first-order valence-electron chi connectivity index (χ1n) is 10.8. The van der Waals surface area contributed by atoms with Crippen LogP contribution in [0.25, 0.3) is 0 Å². The van der Waals surface area contributed by atoms with Gasteiger partial charge in [0.25, 0.3) is 0 Å². The molecule has 3 aliphatic carbocycles. The predicted molar refractivity (Wildman–Crippen MR) is 96.9 cm³/mol. The van der Waals surface area contributed by atoms with Crippen LogP contribution in [0.15, 0.2) is 0 Å². The van der Waals surface area contributed by atoms with Crippen molar-refractivity contribution in [2.24, 2.45) is 35.5 Å². The molecule has 0 heterocycles. The fourth-order valence-electron chi connectivity index (χ4n) is 6.29. The Morgan fingerprint density at radius 2 is 1.00 bits per heavy atom. The molecule has 0 aliphatic heterocycles. The second-order valence-corrected chi connectivity index (χ2v) is 9.06. The topological polar surface area (TPSA) is 0 Å². The van der Waals surface area contributed by atoms with Gasteiger partial charge in [0.1, 0.15) is 0 Å². The van der Waals surface area contributed by atoms with E-state index in [-0.39, 0.29) is 0 Å². The first kappa shape index (κ1) is 16.8. The molecule has 3 saturated carbocycles. The Morgan fingerprint density at radius 3 is 1.55 bits per heavy atom. The van der Waals surface area contributed by atoms with Gasteiger partial charge >= 0.3 is 0 Å². The zero-order valence-electron chi connectivity index (χ0n) is 15.4. The molecule has 0 saturated heterocycles. The lowest BCUT2D eigenvalue weighted by Gasteiger charge is -2.41. The minimum atomic E-state index is 1.07. The highest BCUT2D eigenvalue weighted by molar-refractivity contribution is 4.85. The van der Waals surface area contributed by atoms with E-state index in [2.05, 4.69) is 13.8 Å². The molecule has 3 aliphatic rings. The van der Waals surface area contributed by atoms with Gasteiger partial charge in [0.15, 0.2) is 0 Å². The van der Waals surface area contributed by atoms with Crippen LogP contribution >= 0.6 is 0 Å². The monoisotopic (exact) mass is 304 g/mol. The highest BCUT2D eigenvalue weighted by atomic mass is 14.4. The van der Waals surface area contributed by atoms with E-state index in [1.54, 1.807) is 64.2 Å². The van der Waals surface area contributed by atoms with Crippen molar-refractivity contribution < 1.29 is 0 Å². The second kappa shape index (κ2) is 8.20. The van der Waals surface area contributed by atoms with Gasteiger partial charge in [-0.15, -0.1) is 0 Å². The van der Waals surface area contributed by atoms with Crippen LogP contribution in [0, 0.1) is 35.5 Å². The molecule has 22 heavy (non-hydrogen) atoms. The summed E-state index contributed by atoms with van der Waals surface area (Å²) in [5.41, 5.74) is 0. The van der Waals surface area contributed by atoms with Crippen LogP contribution in [0.3, 0.4) is 0 Å². The van der Waals surface area contributed by atoms with Crippen molar-refractivity contribution in [2.45, 2.75) is 104 Å². The van der Waals surface area contributed by atoms with Crippen molar-refractivity contribution in [1.82, 2.24) is 0 Å². The van der Waals surface area contributed by atoms with Crippen LogP contribution in [0.2, 0.25) is 0 Å². The minimum absolute atomic E-state index is 1.07. The number of rotatable bonds is 4. The molecule has 0 aromatic carbocycles. The fraction of sp³-hybridized carbons (Fsp3) is 1.00. The molecule has 0 spiro atoms. The first-order chi connectivity index (χ1) is 10.8. The van der Waals surface area contributed by atoms with E-state index in [0.717, 1.165) is 35.5 Å². The molecule has 0 radical (unpaired) electrons. The Labute approximate surface area is 139 Å². The summed E-state index contributed by atoms with van der Waals surface area (Å²) in [6, 6.07) is 0. The Bertz CT molecular complexity index is 304. The summed E-state index contributed by atoms with van der Waals surface area (Å²) in [7, 11) is 0. The summed E-state index contributed by atoms with van der Waals surface area (Å²) >= 11 is 0. The van der Waals surface area contributed by atoms with Crippen molar-refractivity contribution in [3.05, 3.63) is 0 Å². The summed E-state index contributed by atoms with van der Waals surface area (Å²) in [5, 5.41) is 0. The average Bonchev–Trinajstić information content (AvgIpc) is 2.62. The van der Waals surface area contributed by atoms with E-state index < -0.39 is 0 Å². The predicted octanol–water partition coefficient (Wildman–Crippen LogP) is 7.23. The maximum atomic E-state index is 2.41. The molecule has 3 fully saturated rings. The van der Waals surface area contributed by atoms with Crippen molar-refractivity contribution >= 4 is 0 Å². The molecule has 0 N–H and O–H groups in total. The summed E-state index contributed by atoms with van der Waals surface area (Å²) in [6.07, 6.45) is 21.6. The lowest BCUT2D eigenvalue weighted by atomic mass is 9.64. The van der Waals surface area contributed by atoms with E-state index in [1.165, 1.54) is 25.7 Å². The summed E-state index contributed by atoms with van der Waals surface area (Å²) in [5.74, 6) is 6.58. The molecule has 2 atom stereocenters. The molecule has 0 aromatic rings. The fourth-order valence-corrected chi connectivity index (χ4v) is 6.29. The Morgan fingerprint density at radius 1 is 0.500 bits per heavy atom. The van der Waals surface area contributed by atoms with E-state index >= 15 is 0 Å². The standard InChI is InChI=1S/C22H40/c1-3-17-8-10-19(11-9-17)20-12-14-21(15-13-20)22-7-5-6-18(4-2)16-22/h17-22H,3-16H2,1-2H3/t17-,18-,19-,20?,21?,22+/m0/s1. The third-order valence-corrected chi connectivity index (χ3v) is 8.02. The molecule has 128 valence electrons. The van der Waals surface area contributed by atoms with Gasteiger partial charge in [0.2, 0.25) is 0 Å². The van der Waals surface area contributed by atoms with Crippen molar-refractivity contribution in [3.8, 4) is 0 Å². The minimum Gasteiger partial charge on any atom is -0.0651 e. The van der Waals surface area contributed by atoms with Gasteiger partial charge in [-0.2, -0.15) is 0 Å². The normalized spacial score (nSPS) is 43.9. The smallest absolute Gasteiger partial charge is 0.0383 e. The van der Waals surface area contributed by atoms with Gasteiger partial charge in [-0.3, -0.25) is 0 Å². The molecular weight excluding hydrogens is 264 g/mol. The van der Waals surface area contributed by atoms with Crippen molar-refractivity contribution in [3.63, 3.8) is 0 Å². The molecule has 0 heteroatoms. The van der Waals surface area contributed by atoms with Crippen LogP contribution in [0.4, 0.5) is 0 Å². The maximum Gasteiger partial charge on any atom is -0.0383 e. The molecule has 0 amide bonds. The van der Waals surface area contributed by atoms with Crippen LogP contribution in [-0.4, -0.2) is 0 Å². The van der Waals surface area contributed by atoms with Gasteiger partial charge in [-0.05, 0) is 80.5 Å².